The zero-order valence-electron chi connectivity index (χ0n) is 12.9. The SMILES string of the molecule is CC(=O)NCC1C[C@@H](NC(=O)OC(C)(C)C)C2CC1C2. The number of carbonyl (C=O) groups is 2. The van der Waals surface area contributed by atoms with E-state index in [1.54, 1.807) is 6.92 Å². The van der Waals surface area contributed by atoms with Crippen LogP contribution in [0.2, 0.25) is 0 Å². The number of hydrogen-bond acceptors (Lipinski definition) is 3. The van der Waals surface area contributed by atoms with Crippen LogP contribution in [0.3, 0.4) is 0 Å². The molecule has 0 aromatic heterocycles. The summed E-state index contributed by atoms with van der Waals surface area (Å²) in [6.45, 7) is 7.87. The van der Waals surface area contributed by atoms with Gasteiger partial charge < -0.3 is 15.4 Å². The van der Waals surface area contributed by atoms with Crippen LogP contribution in [0.25, 0.3) is 0 Å². The van der Waals surface area contributed by atoms with Crippen molar-refractivity contribution in [3.8, 4) is 0 Å². The number of amides is 2. The summed E-state index contributed by atoms with van der Waals surface area (Å²) in [7, 11) is 0. The molecule has 0 spiro atoms. The van der Waals surface area contributed by atoms with Crippen LogP contribution in [0.15, 0.2) is 0 Å². The molecule has 2 bridgehead atoms. The van der Waals surface area contributed by atoms with E-state index < -0.39 is 5.60 Å². The first-order valence-electron chi connectivity index (χ1n) is 7.48. The first-order valence-corrected chi connectivity index (χ1v) is 7.48. The predicted molar refractivity (Wildman–Crippen MR) is 76.2 cm³/mol. The first kappa shape index (κ1) is 15.1. The molecule has 0 aromatic rings. The summed E-state index contributed by atoms with van der Waals surface area (Å²) < 4.78 is 5.32. The van der Waals surface area contributed by atoms with E-state index in [1.165, 1.54) is 0 Å². The largest absolute Gasteiger partial charge is 0.444 e. The monoisotopic (exact) mass is 282 g/mol. The Balaban J connectivity index is 1.83. The van der Waals surface area contributed by atoms with E-state index in [2.05, 4.69) is 10.6 Å². The molecule has 3 aliphatic rings. The van der Waals surface area contributed by atoms with E-state index in [4.69, 9.17) is 4.74 Å². The number of ether oxygens (including phenoxy) is 1. The lowest BCUT2D eigenvalue weighted by Gasteiger charge is -2.51. The van der Waals surface area contributed by atoms with Crippen LogP contribution in [0, 0.1) is 17.8 Å². The molecule has 2 atom stereocenters. The van der Waals surface area contributed by atoms with Gasteiger partial charge in [0.25, 0.3) is 0 Å². The highest BCUT2D eigenvalue weighted by Gasteiger charge is 2.46. The topological polar surface area (TPSA) is 67.4 Å². The van der Waals surface area contributed by atoms with Gasteiger partial charge in [0.05, 0.1) is 0 Å². The Morgan fingerprint density at radius 3 is 2.35 bits per heavy atom. The van der Waals surface area contributed by atoms with Crippen LogP contribution >= 0.6 is 0 Å². The van der Waals surface area contributed by atoms with Crippen LogP contribution in [-0.4, -0.2) is 30.2 Å². The average molecular weight is 282 g/mol. The number of fused-ring (bicyclic) bond motifs is 2. The Morgan fingerprint density at radius 2 is 1.80 bits per heavy atom. The molecule has 0 heterocycles. The maximum atomic E-state index is 11.9. The highest BCUT2D eigenvalue weighted by molar-refractivity contribution is 5.72. The van der Waals surface area contributed by atoms with Crippen LogP contribution in [-0.2, 0) is 9.53 Å². The molecule has 5 nitrogen and oxygen atoms in total. The van der Waals surface area contributed by atoms with Crippen molar-refractivity contribution in [1.29, 1.82) is 0 Å². The maximum absolute atomic E-state index is 11.9. The van der Waals surface area contributed by atoms with E-state index in [1.807, 2.05) is 20.8 Å². The second kappa shape index (κ2) is 5.62. The van der Waals surface area contributed by atoms with Gasteiger partial charge >= 0.3 is 6.09 Å². The maximum Gasteiger partial charge on any atom is 0.407 e. The van der Waals surface area contributed by atoms with Gasteiger partial charge in [0.15, 0.2) is 0 Å². The molecule has 3 aliphatic carbocycles. The second-order valence-electron chi connectivity index (χ2n) is 7.18. The fourth-order valence-electron chi connectivity index (χ4n) is 3.29. The summed E-state index contributed by atoms with van der Waals surface area (Å²) in [6.07, 6.45) is 2.93. The molecule has 20 heavy (non-hydrogen) atoms. The van der Waals surface area contributed by atoms with E-state index in [9.17, 15) is 9.59 Å². The molecule has 0 radical (unpaired) electrons. The van der Waals surface area contributed by atoms with Crippen molar-refractivity contribution >= 4 is 12.0 Å². The smallest absolute Gasteiger partial charge is 0.407 e. The van der Waals surface area contributed by atoms with E-state index in [0.717, 1.165) is 25.8 Å². The summed E-state index contributed by atoms with van der Waals surface area (Å²) in [5.74, 6) is 1.79. The van der Waals surface area contributed by atoms with Gasteiger partial charge in [0.2, 0.25) is 5.91 Å². The number of rotatable bonds is 3. The molecule has 3 fully saturated rings. The molecule has 3 saturated carbocycles. The van der Waals surface area contributed by atoms with Gasteiger partial charge in [0, 0.05) is 19.5 Å². The minimum atomic E-state index is -0.462. The number of hydrogen-bond donors (Lipinski definition) is 2. The lowest BCUT2D eigenvalue weighted by Crippen LogP contribution is -2.55. The molecule has 2 N–H and O–H groups in total. The summed E-state index contributed by atoms with van der Waals surface area (Å²) in [6, 6.07) is 0.189. The molecule has 3 rings (SSSR count). The zero-order valence-corrected chi connectivity index (χ0v) is 12.9. The molecule has 0 aliphatic heterocycles. The quantitative estimate of drug-likeness (QED) is 0.832. The van der Waals surface area contributed by atoms with E-state index in [-0.39, 0.29) is 18.0 Å². The minimum Gasteiger partial charge on any atom is -0.444 e. The predicted octanol–water partition coefficient (Wildman–Crippen LogP) is 2.06. The van der Waals surface area contributed by atoms with Crippen molar-refractivity contribution < 1.29 is 14.3 Å². The summed E-state index contributed by atoms with van der Waals surface area (Å²) in [4.78, 5) is 22.9. The summed E-state index contributed by atoms with van der Waals surface area (Å²) >= 11 is 0. The Labute approximate surface area is 120 Å². The normalized spacial score (nSPS) is 32.0. The molecule has 2 amide bonds. The van der Waals surface area contributed by atoms with Gasteiger partial charge in [0.1, 0.15) is 5.60 Å². The molecule has 1 unspecified atom stereocenters. The van der Waals surface area contributed by atoms with Crippen LogP contribution in [0.1, 0.15) is 47.0 Å². The summed E-state index contributed by atoms with van der Waals surface area (Å²) in [5, 5.41) is 5.91. The average Bonchev–Trinajstić information content (AvgIpc) is 2.21. The molecule has 0 saturated heterocycles. The van der Waals surface area contributed by atoms with Crippen LogP contribution in [0.5, 0.6) is 0 Å². The first-order chi connectivity index (χ1) is 9.24. The van der Waals surface area contributed by atoms with Gasteiger partial charge in [-0.2, -0.15) is 0 Å². The van der Waals surface area contributed by atoms with Crippen LogP contribution in [0.4, 0.5) is 4.79 Å². The number of carbonyl (C=O) groups excluding carboxylic acids is 2. The Kier molecular flexibility index (Phi) is 4.25. The van der Waals surface area contributed by atoms with Crippen molar-refractivity contribution in [2.45, 2.75) is 58.6 Å². The fraction of sp³-hybridized carbons (Fsp3) is 0.867. The lowest BCUT2D eigenvalue weighted by atomic mass is 9.58. The standard InChI is InChI=1S/C15H26N2O3/c1-9(18)16-8-12-7-13(11-5-10(12)6-11)17-14(19)20-15(2,3)4/h10-13H,5-8H2,1-4H3,(H,16,18)(H,17,19)/t10?,11?,12?,13-/m1/s1. The van der Waals surface area contributed by atoms with Gasteiger partial charge in [-0.3, -0.25) is 4.79 Å². The molecular formula is C15H26N2O3. The summed E-state index contributed by atoms with van der Waals surface area (Å²) in [5.41, 5.74) is -0.462. The number of alkyl carbamates (subject to hydrolysis) is 1. The van der Waals surface area contributed by atoms with Crippen molar-refractivity contribution in [3.63, 3.8) is 0 Å². The van der Waals surface area contributed by atoms with E-state index in [0.29, 0.717) is 17.8 Å². The van der Waals surface area contributed by atoms with Crippen molar-refractivity contribution in [3.05, 3.63) is 0 Å². The highest BCUT2D eigenvalue weighted by Crippen LogP contribution is 2.48. The van der Waals surface area contributed by atoms with Gasteiger partial charge in [-0.1, -0.05) is 0 Å². The van der Waals surface area contributed by atoms with Crippen LogP contribution < -0.4 is 10.6 Å². The highest BCUT2D eigenvalue weighted by atomic mass is 16.6. The number of nitrogens with one attached hydrogen (secondary N) is 2. The third-order valence-corrected chi connectivity index (χ3v) is 4.32. The van der Waals surface area contributed by atoms with Crippen molar-refractivity contribution in [2.24, 2.45) is 17.8 Å². The Hall–Kier alpha value is -1.26. The molecule has 114 valence electrons. The van der Waals surface area contributed by atoms with Crippen molar-refractivity contribution in [2.75, 3.05) is 6.54 Å². The minimum absolute atomic E-state index is 0.0168. The molecule has 5 heteroatoms. The van der Waals surface area contributed by atoms with Crippen molar-refractivity contribution in [1.82, 2.24) is 10.6 Å². The fourth-order valence-corrected chi connectivity index (χ4v) is 3.29. The molecule has 0 aromatic carbocycles. The zero-order chi connectivity index (χ0) is 14.9. The second-order valence-corrected chi connectivity index (χ2v) is 7.18. The molecular weight excluding hydrogens is 256 g/mol. The lowest BCUT2D eigenvalue weighted by molar-refractivity contribution is -0.119. The Morgan fingerprint density at radius 1 is 1.15 bits per heavy atom. The van der Waals surface area contributed by atoms with Gasteiger partial charge in [-0.05, 0) is 57.8 Å². The Bertz CT molecular complexity index is 383. The van der Waals surface area contributed by atoms with Gasteiger partial charge in [-0.25, -0.2) is 4.79 Å². The van der Waals surface area contributed by atoms with Gasteiger partial charge in [-0.15, -0.1) is 0 Å². The van der Waals surface area contributed by atoms with E-state index >= 15 is 0 Å². The third-order valence-electron chi connectivity index (χ3n) is 4.32. The third kappa shape index (κ3) is 3.87.